The SMILES string of the molecule is CCN1CCN(c2nc(C(=O)O)c(C(C)=O)s2)CC1C. The van der Waals surface area contributed by atoms with E-state index < -0.39 is 5.97 Å². The molecule has 1 unspecified atom stereocenters. The van der Waals surface area contributed by atoms with Crippen molar-refractivity contribution in [3.8, 4) is 0 Å². The quantitative estimate of drug-likeness (QED) is 0.851. The molecular weight excluding hydrogens is 278 g/mol. The third-order valence-electron chi connectivity index (χ3n) is 3.58. The number of carbonyl (C=O) groups excluding carboxylic acids is 1. The summed E-state index contributed by atoms with van der Waals surface area (Å²) in [5, 5.41) is 9.76. The molecule has 1 aromatic rings. The number of Topliss-reactive ketones (excluding diaryl/α,β-unsaturated/α-hetero) is 1. The van der Waals surface area contributed by atoms with Crippen LogP contribution >= 0.6 is 11.3 Å². The molecule has 1 atom stereocenters. The summed E-state index contributed by atoms with van der Waals surface area (Å²) in [5.74, 6) is -1.38. The van der Waals surface area contributed by atoms with Crippen LogP contribution in [0.25, 0.3) is 0 Å². The van der Waals surface area contributed by atoms with E-state index >= 15 is 0 Å². The summed E-state index contributed by atoms with van der Waals surface area (Å²) in [6.45, 7) is 9.20. The number of aromatic nitrogens is 1. The van der Waals surface area contributed by atoms with Crippen molar-refractivity contribution in [1.29, 1.82) is 0 Å². The lowest BCUT2D eigenvalue weighted by molar-refractivity contribution is 0.0687. The highest BCUT2D eigenvalue weighted by molar-refractivity contribution is 7.17. The molecule has 0 radical (unpaired) electrons. The number of anilines is 1. The first-order valence-corrected chi connectivity index (χ1v) is 7.49. The third-order valence-corrected chi connectivity index (χ3v) is 4.80. The molecule has 0 saturated carbocycles. The molecule has 110 valence electrons. The van der Waals surface area contributed by atoms with Crippen molar-refractivity contribution >= 4 is 28.2 Å². The molecule has 1 N–H and O–H groups in total. The Morgan fingerprint density at radius 1 is 1.45 bits per heavy atom. The van der Waals surface area contributed by atoms with Crippen molar-refractivity contribution in [2.75, 3.05) is 31.1 Å². The van der Waals surface area contributed by atoms with E-state index in [-0.39, 0.29) is 16.4 Å². The fourth-order valence-electron chi connectivity index (χ4n) is 2.47. The van der Waals surface area contributed by atoms with Crippen molar-refractivity contribution in [3.63, 3.8) is 0 Å². The van der Waals surface area contributed by atoms with Gasteiger partial charge in [-0.05, 0) is 13.5 Å². The van der Waals surface area contributed by atoms with E-state index in [0.29, 0.717) is 11.2 Å². The van der Waals surface area contributed by atoms with Gasteiger partial charge in [0, 0.05) is 32.6 Å². The minimum Gasteiger partial charge on any atom is -0.476 e. The van der Waals surface area contributed by atoms with Gasteiger partial charge in [-0.15, -0.1) is 0 Å². The van der Waals surface area contributed by atoms with Gasteiger partial charge in [0.2, 0.25) is 0 Å². The first-order chi connectivity index (χ1) is 9.43. The Morgan fingerprint density at radius 3 is 2.60 bits per heavy atom. The minimum absolute atomic E-state index is 0.122. The zero-order valence-electron chi connectivity index (χ0n) is 11.9. The summed E-state index contributed by atoms with van der Waals surface area (Å²) < 4.78 is 0. The lowest BCUT2D eigenvalue weighted by Gasteiger charge is -2.39. The number of rotatable bonds is 4. The van der Waals surface area contributed by atoms with Gasteiger partial charge in [0.25, 0.3) is 0 Å². The van der Waals surface area contributed by atoms with Crippen LogP contribution in [0.1, 0.15) is 40.9 Å². The second-order valence-electron chi connectivity index (χ2n) is 4.96. The standard InChI is InChI=1S/C13H19N3O3S/c1-4-15-5-6-16(7-8(15)2)13-14-10(12(18)19)11(20-13)9(3)17/h8H,4-7H2,1-3H3,(H,18,19). The Kier molecular flexibility index (Phi) is 4.39. The van der Waals surface area contributed by atoms with Gasteiger partial charge in [0.05, 0.1) is 0 Å². The monoisotopic (exact) mass is 297 g/mol. The lowest BCUT2D eigenvalue weighted by Crippen LogP contribution is -2.51. The molecule has 1 fully saturated rings. The molecule has 6 nitrogen and oxygen atoms in total. The highest BCUT2D eigenvalue weighted by Crippen LogP contribution is 2.28. The fourth-order valence-corrected chi connectivity index (χ4v) is 3.45. The number of carboxylic acids is 1. The van der Waals surface area contributed by atoms with Crippen LogP contribution in [0.3, 0.4) is 0 Å². The number of carbonyl (C=O) groups is 2. The Bertz CT molecular complexity index is 497. The van der Waals surface area contributed by atoms with Gasteiger partial charge in [-0.2, -0.15) is 0 Å². The Labute approximate surface area is 122 Å². The lowest BCUT2D eigenvalue weighted by atomic mass is 10.2. The second kappa shape index (κ2) is 5.88. The molecule has 2 heterocycles. The molecule has 1 aromatic heterocycles. The van der Waals surface area contributed by atoms with E-state index in [9.17, 15) is 9.59 Å². The van der Waals surface area contributed by atoms with Crippen LogP contribution < -0.4 is 4.90 Å². The molecule has 7 heteroatoms. The van der Waals surface area contributed by atoms with Crippen molar-refractivity contribution in [2.24, 2.45) is 0 Å². The summed E-state index contributed by atoms with van der Waals surface area (Å²) in [5.41, 5.74) is -0.122. The van der Waals surface area contributed by atoms with Crippen molar-refractivity contribution in [1.82, 2.24) is 9.88 Å². The Balaban J connectivity index is 2.24. The smallest absolute Gasteiger partial charge is 0.356 e. The number of hydrogen-bond acceptors (Lipinski definition) is 6. The Morgan fingerprint density at radius 2 is 2.15 bits per heavy atom. The molecule has 0 aliphatic carbocycles. The minimum atomic E-state index is -1.14. The maximum atomic E-state index is 11.5. The van der Waals surface area contributed by atoms with Crippen LogP contribution in [0.15, 0.2) is 0 Å². The Hall–Kier alpha value is -1.47. The fraction of sp³-hybridized carbons (Fsp3) is 0.615. The summed E-state index contributed by atoms with van der Waals surface area (Å²) >= 11 is 1.18. The predicted molar refractivity (Wildman–Crippen MR) is 78.0 cm³/mol. The van der Waals surface area contributed by atoms with Gasteiger partial charge in [-0.25, -0.2) is 9.78 Å². The van der Waals surface area contributed by atoms with Crippen LogP contribution in [-0.2, 0) is 0 Å². The third kappa shape index (κ3) is 2.83. The van der Waals surface area contributed by atoms with E-state index in [0.717, 1.165) is 26.2 Å². The van der Waals surface area contributed by atoms with E-state index in [4.69, 9.17) is 5.11 Å². The first kappa shape index (κ1) is 14.9. The number of aromatic carboxylic acids is 1. The molecular formula is C13H19N3O3S. The molecule has 1 aliphatic rings. The van der Waals surface area contributed by atoms with E-state index in [1.807, 2.05) is 0 Å². The molecule has 20 heavy (non-hydrogen) atoms. The number of hydrogen-bond donors (Lipinski definition) is 1. The molecule has 0 spiro atoms. The summed E-state index contributed by atoms with van der Waals surface area (Å²) in [6.07, 6.45) is 0. The van der Waals surface area contributed by atoms with Gasteiger partial charge in [-0.3, -0.25) is 9.69 Å². The first-order valence-electron chi connectivity index (χ1n) is 6.68. The van der Waals surface area contributed by atoms with Crippen molar-refractivity contribution in [3.05, 3.63) is 10.6 Å². The number of ketones is 1. The van der Waals surface area contributed by atoms with Gasteiger partial charge in [0.15, 0.2) is 16.6 Å². The molecule has 1 saturated heterocycles. The van der Waals surface area contributed by atoms with Crippen LogP contribution in [0, 0.1) is 0 Å². The topological polar surface area (TPSA) is 73.7 Å². The average Bonchev–Trinajstić information content (AvgIpc) is 2.84. The summed E-state index contributed by atoms with van der Waals surface area (Å²) in [4.78, 5) is 31.5. The second-order valence-corrected chi connectivity index (χ2v) is 5.94. The van der Waals surface area contributed by atoms with Crippen LogP contribution in [0.2, 0.25) is 0 Å². The number of thiazole rings is 1. The molecule has 2 rings (SSSR count). The number of piperazine rings is 1. The normalized spacial score (nSPS) is 20.1. The number of nitrogens with zero attached hydrogens (tertiary/aromatic N) is 3. The maximum absolute atomic E-state index is 11.5. The largest absolute Gasteiger partial charge is 0.476 e. The zero-order chi connectivity index (χ0) is 14.9. The van der Waals surface area contributed by atoms with E-state index in [2.05, 4.69) is 28.6 Å². The van der Waals surface area contributed by atoms with Crippen molar-refractivity contribution < 1.29 is 14.7 Å². The highest BCUT2D eigenvalue weighted by Gasteiger charge is 2.27. The van der Waals surface area contributed by atoms with Crippen LogP contribution in [0.5, 0.6) is 0 Å². The average molecular weight is 297 g/mol. The highest BCUT2D eigenvalue weighted by atomic mass is 32.1. The number of likely N-dealkylation sites (N-methyl/N-ethyl adjacent to an activating group) is 1. The molecule has 0 bridgehead atoms. The van der Waals surface area contributed by atoms with E-state index in [1.165, 1.54) is 18.3 Å². The van der Waals surface area contributed by atoms with Crippen LogP contribution in [0.4, 0.5) is 5.13 Å². The molecule has 1 aliphatic heterocycles. The van der Waals surface area contributed by atoms with Gasteiger partial charge >= 0.3 is 5.97 Å². The molecule has 0 amide bonds. The van der Waals surface area contributed by atoms with Gasteiger partial charge < -0.3 is 10.0 Å². The van der Waals surface area contributed by atoms with Gasteiger partial charge in [0.1, 0.15) is 4.88 Å². The van der Waals surface area contributed by atoms with Gasteiger partial charge in [-0.1, -0.05) is 18.3 Å². The zero-order valence-corrected chi connectivity index (χ0v) is 12.7. The molecule has 0 aromatic carbocycles. The maximum Gasteiger partial charge on any atom is 0.356 e. The predicted octanol–water partition coefficient (Wildman–Crippen LogP) is 1.57. The summed E-state index contributed by atoms with van der Waals surface area (Å²) in [7, 11) is 0. The van der Waals surface area contributed by atoms with Crippen LogP contribution in [-0.4, -0.2) is 59.0 Å². The van der Waals surface area contributed by atoms with E-state index in [1.54, 1.807) is 0 Å². The summed E-state index contributed by atoms with van der Waals surface area (Å²) in [6, 6.07) is 0.395. The number of carboxylic acid groups (broad SMARTS) is 1. The van der Waals surface area contributed by atoms with Crippen molar-refractivity contribution in [2.45, 2.75) is 26.8 Å².